The van der Waals surface area contributed by atoms with Crippen LogP contribution in [0.15, 0.2) is 0 Å². The van der Waals surface area contributed by atoms with E-state index in [0.29, 0.717) is 12.1 Å². The third-order valence-electron chi connectivity index (χ3n) is 3.85. The largest absolute Gasteiger partial charge is 0.376 e. The molecule has 2 heterocycles. The number of hydrogen-bond acceptors (Lipinski definition) is 5. The number of aryl methyl sites for hydroxylation is 1. The number of thiazole rings is 1. The lowest BCUT2D eigenvalue weighted by Gasteiger charge is -2.32. The zero-order chi connectivity index (χ0) is 14.5. The highest BCUT2D eigenvalue weighted by atomic mass is 32.1. The summed E-state index contributed by atoms with van der Waals surface area (Å²) in [6.45, 7) is 9.42. The summed E-state index contributed by atoms with van der Waals surface area (Å²) in [5.74, 6) is 0. The van der Waals surface area contributed by atoms with Crippen LogP contribution in [0.3, 0.4) is 0 Å². The van der Waals surface area contributed by atoms with Crippen molar-refractivity contribution in [2.75, 3.05) is 31.6 Å². The Labute approximate surface area is 126 Å². The van der Waals surface area contributed by atoms with Crippen LogP contribution in [0.1, 0.15) is 49.7 Å². The molecular formula is C15H27N3OS. The fourth-order valence-electron chi connectivity index (χ4n) is 2.59. The Morgan fingerprint density at radius 2 is 2.35 bits per heavy atom. The van der Waals surface area contributed by atoms with Crippen molar-refractivity contribution >= 4 is 16.5 Å². The Hall–Kier alpha value is -0.650. The van der Waals surface area contributed by atoms with Crippen LogP contribution in [0.4, 0.5) is 5.13 Å². The van der Waals surface area contributed by atoms with Crippen LogP contribution in [-0.4, -0.2) is 37.8 Å². The van der Waals surface area contributed by atoms with Crippen molar-refractivity contribution in [3.05, 3.63) is 10.6 Å². The van der Waals surface area contributed by atoms with Gasteiger partial charge in [0.05, 0.1) is 11.8 Å². The Balaban J connectivity index is 2.03. The lowest BCUT2D eigenvalue weighted by molar-refractivity contribution is 0.0440. The van der Waals surface area contributed by atoms with Crippen LogP contribution in [0.2, 0.25) is 0 Å². The number of anilines is 1. The van der Waals surface area contributed by atoms with Gasteiger partial charge in [-0.2, -0.15) is 0 Å². The van der Waals surface area contributed by atoms with Crippen LogP contribution >= 0.6 is 11.3 Å². The minimum absolute atomic E-state index is 0.373. The standard InChI is InChI=1S/C15H27N3OS/c1-5-9-19-13-7-6-8-18(10-13)15-17-12(3)14(20-15)11(2)16-4/h11,13,16H,5-10H2,1-4H3. The second-order valence-corrected chi connectivity index (χ2v) is 6.55. The number of nitrogens with zero attached hydrogens (tertiary/aromatic N) is 2. The minimum Gasteiger partial charge on any atom is -0.376 e. The average molecular weight is 297 g/mol. The number of ether oxygens (including phenoxy) is 1. The number of aromatic nitrogens is 1. The van der Waals surface area contributed by atoms with Gasteiger partial charge in [0, 0.05) is 30.6 Å². The summed E-state index contributed by atoms with van der Waals surface area (Å²) in [6.07, 6.45) is 3.85. The zero-order valence-corrected chi connectivity index (χ0v) is 13.9. The van der Waals surface area contributed by atoms with E-state index in [2.05, 4.69) is 31.0 Å². The summed E-state index contributed by atoms with van der Waals surface area (Å²) in [5, 5.41) is 4.46. The SMILES string of the molecule is CCCOC1CCCN(c2nc(C)c(C(C)NC)s2)C1. The number of nitrogens with one attached hydrogen (secondary N) is 1. The molecule has 1 N–H and O–H groups in total. The van der Waals surface area contributed by atoms with Crippen molar-refractivity contribution < 1.29 is 4.74 Å². The highest BCUT2D eigenvalue weighted by molar-refractivity contribution is 7.15. The van der Waals surface area contributed by atoms with E-state index < -0.39 is 0 Å². The second-order valence-electron chi connectivity index (χ2n) is 5.54. The molecule has 0 saturated carbocycles. The Morgan fingerprint density at radius 3 is 3.05 bits per heavy atom. The molecule has 2 rings (SSSR count). The van der Waals surface area contributed by atoms with E-state index in [9.17, 15) is 0 Å². The molecular weight excluding hydrogens is 270 g/mol. The van der Waals surface area contributed by atoms with Gasteiger partial charge >= 0.3 is 0 Å². The topological polar surface area (TPSA) is 37.4 Å². The van der Waals surface area contributed by atoms with Gasteiger partial charge in [-0.15, -0.1) is 11.3 Å². The molecule has 4 nitrogen and oxygen atoms in total. The number of rotatable bonds is 6. The molecule has 2 atom stereocenters. The predicted octanol–water partition coefficient (Wildman–Crippen LogP) is 3.13. The van der Waals surface area contributed by atoms with Gasteiger partial charge < -0.3 is 15.0 Å². The van der Waals surface area contributed by atoms with Crippen molar-refractivity contribution in [3.8, 4) is 0 Å². The van der Waals surface area contributed by atoms with Crippen molar-refractivity contribution in [2.24, 2.45) is 0 Å². The first-order valence-electron chi connectivity index (χ1n) is 7.66. The molecule has 1 aliphatic heterocycles. The van der Waals surface area contributed by atoms with E-state index in [1.165, 1.54) is 17.7 Å². The molecule has 1 fully saturated rings. The maximum atomic E-state index is 5.91. The molecule has 1 saturated heterocycles. The van der Waals surface area contributed by atoms with E-state index >= 15 is 0 Å². The number of piperidine rings is 1. The fourth-order valence-corrected chi connectivity index (χ4v) is 3.76. The van der Waals surface area contributed by atoms with Crippen LogP contribution in [-0.2, 0) is 4.74 Å². The summed E-state index contributed by atoms with van der Waals surface area (Å²) >= 11 is 1.82. The maximum absolute atomic E-state index is 5.91. The third kappa shape index (κ3) is 3.71. The Kier molecular flexibility index (Phi) is 5.81. The van der Waals surface area contributed by atoms with Gasteiger partial charge in [-0.1, -0.05) is 6.92 Å². The lowest BCUT2D eigenvalue weighted by Crippen LogP contribution is -2.39. The zero-order valence-electron chi connectivity index (χ0n) is 13.1. The van der Waals surface area contributed by atoms with Crippen LogP contribution in [0, 0.1) is 6.92 Å². The van der Waals surface area contributed by atoms with Crippen molar-refractivity contribution in [3.63, 3.8) is 0 Å². The average Bonchev–Trinajstić information content (AvgIpc) is 2.86. The summed E-state index contributed by atoms with van der Waals surface area (Å²) in [5.41, 5.74) is 1.16. The molecule has 0 bridgehead atoms. The van der Waals surface area contributed by atoms with E-state index in [0.717, 1.165) is 36.9 Å². The molecule has 1 aliphatic rings. The molecule has 20 heavy (non-hydrogen) atoms. The molecule has 0 spiro atoms. The molecule has 0 aliphatic carbocycles. The van der Waals surface area contributed by atoms with E-state index in [1.54, 1.807) is 0 Å². The molecule has 1 aromatic rings. The number of hydrogen-bond donors (Lipinski definition) is 1. The van der Waals surface area contributed by atoms with Gasteiger partial charge in [0.25, 0.3) is 0 Å². The van der Waals surface area contributed by atoms with Gasteiger partial charge in [-0.3, -0.25) is 0 Å². The smallest absolute Gasteiger partial charge is 0.185 e. The Morgan fingerprint density at radius 1 is 1.55 bits per heavy atom. The first-order valence-corrected chi connectivity index (χ1v) is 8.48. The first-order chi connectivity index (χ1) is 9.65. The molecule has 0 aromatic carbocycles. The van der Waals surface area contributed by atoms with Crippen LogP contribution in [0.5, 0.6) is 0 Å². The maximum Gasteiger partial charge on any atom is 0.185 e. The van der Waals surface area contributed by atoms with Gasteiger partial charge in [0.15, 0.2) is 5.13 Å². The third-order valence-corrected chi connectivity index (χ3v) is 5.25. The quantitative estimate of drug-likeness (QED) is 0.875. The second kappa shape index (κ2) is 7.38. The van der Waals surface area contributed by atoms with Crippen LogP contribution in [0.25, 0.3) is 0 Å². The summed E-state index contributed by atoms with van der Waals surface area (Å²) in [4.78, 5) is 8.51. The van der Waals surface area contributed by atoms with Gasteiger partial charge in [0.1, 0.15) is 0 Å². The fraction of sp³-hybridized carbons (Fsp3) is 0.800. The monoisotopic (exact) mass is 297 g/mol. The molecule has 1 aromatic heterocycles. The summed E-state index contributed by atoms with van der Waals surface area (Å²) in [6, 6.07) is 0.373. The first kappa shape index (κ1) is 15.7. The van der Waals surface area contributed by atoms with E-state index in [1.807, 2.05) is 18.4 Å². The lowest BCUT2D eigenvalue weighted by atomic mass is 10.1. The van der Waals surface area contributed by atoms with Crippen molar-refractivity contribution in [1.82, 2.24) is 10.3 Å². The molecule has 114 valence electrons. The highest BCUT2D eigenvalue weighted by Gasteiger charge is 2.24. The van der Waals surface area contributed by atoms with Crippen molar-refractivity contribution in [1.29, 1.82) is 0 Å². The van der Waals surface area contributed by atoms with Crippen molar-refractivity contribution in [2.45, 2.75) is 52.2 Å². The predicted molar refractivity (Wildman–Crippen MR) is 85.8 cm³/mol. The van der Waals surface area contributed by atoms with Gasteiger partial charge in [-0.05, 0) is 40.2 Å². The molecule has 2 unspecified atom stereocenters. The van der Waals surface area contributed by atoms with E-state index in [4.69, 9.17) is 9.72 Å². The van der Waals surface area contributed by atoms with E-state index in [-0.39, 0.29) is 0 Å². The van der Waals surface area contributed by atoms with Crippen LogP contribution < -0.4 is 10.2 Å². The van der Waals surface area contributed by atoms with Gasteiger partial charge in [0.2, 0.25) is 0 Å². The highest BCUT2D eigenvalue weighted by Crippen LogP contribution is 2.32. The molecule has 0 amide bonds. The Bertz CT molecular complexity index is 421. The van der Waals surface area contributed by atoms with Gasteiger partial charge in [-0.25, -0.2) is 4.98 Å². The summed E-state index contributed by atoms with van der Waals surface area (Å²) in [7, 11) is 2.00. The minimum atomic E-state index is 0.373. The summed E-state index contributed by atoms with van der Waals surface area (Å²) < 4.78 is 5.91. The molecule has 0 radical (unpaired) electrons. The molecule has 5 heteroatoms. The normalized spacial score (nSPS) is 21.2.